The monoisotopic (exact) mass is 445 g/mol. The van der Waals surface area contributed by atoms with E-state index in [0.717, 1.165) is 16.2 Å². The van der Waals surface area contributed by atoms with Gasteiger partial charge in [-0.15, -0.1) is 0 Å². The van der Waals surface area contributed by atoms with Gasteiger partial charge in [0.25, 0.3) is 5.56 Å². The van der Waals surface area contributed by atoms with Crippen molar-refractivity contribution in [1.29, 1.82) is 0 Å². The number of hydrogen-bond donors (Lipinski definition) is 2. The topological polar surface area (TPSA) is 88.2 Å². The normalized spacial score (nSPS) is 11.8. The molecule has 3 heterocycles. The highest BCUT2D eigenvalue weighted by atomic mass is 32.2. The van der Waals surface area contributed by atoms with E-state index in [2.05, 4.69) is 53.1 Å². The standard InChI is InChI=1S/C24H23N5O2S/c1-15(2)16-8-10-18(11-9-16)32-24-26-20-21(28(24)12-13-30)27-23-25-19(14-29(23)22(20)31)17-6-4-3-5-7-17/h3-11,14-15,30H,12-13H2,1-2H3,(H,25,27). The van der Waals surface area contributed by atoms with Crippen LogP contribution < -0.4 is 5.56 Å². The summed E-state index contributed by atoms with van der Waals surface area (Å²) >= 11 is 1.46. The van der Waals surface area contributed by atoms with Crippen LogP contribution in [0.4, 0.5) is 0 Å². The predicted molar refractivity (Wildman–Crippen MR) is 126 cm³/mol. The number of H-pyrrole nitrogens is 1. The van der Waals surface area contributed by atoms with Crippen molar-refractivity contribution in [2.24, 2.45) is 0 Å². The molecule has 8 heteroatoms. The summed E-state index contributed by atoms with van der Waals surface area (Å²) in [5, 5.41) is 10.3. The van der Waals surface area contributed by atoms with Crippen LogP contribution in [0.2, 0.25) is 0 Å². The molecule has 0 unspecified atom stereocenters. The molecule has 32 heavy (non-hydrogen) atoms. The van der Waals surface area contributed by atoms with Crippen molar-refractivity contribution in [2.45, 2.75) is 36.4 Å². The van der Waals surface area contributed by atoms with E-state index in [1.165, 1.54) is 21.7 Å². The molecule has 0 radical (unpaired) electrons. The summed E-state index contributed by atoms with van der Waals surface area (Å²) in [4.78, 5) is 26.8. The lowest BCUT2D eigenvalue weighted by molar-refractivity contribution is 0.273. The molecular formula is C24H23N5O2S. The van der Waals surface area contributed by atoms with Crippen LogP contribution in [0.3, 0.4) is 0 Å². The highest BCUT2D eigenvalue weighted by molar-refractivity contribution is 7.99. The Labute approximate surface area is 188 Å². The number of fused-ring (bicyclic) bond motifs is 2. The van der Waals surface area contributed by atoms with Crippen molar-refractivity contribution >= 4 is 28.7 Å². The Hall–Kier alpha value is -3.36. The second kappa shape index (κ2) is 8.29. The number of aliphatic hydroxyl groups is 1. The molecule has 0 saturated carbocycles. The largest absolute Gasteiger partial charge is 0.395 e. The number of rotatable bonds is 6. The first-order valence-electron chi connectivity index (χ1n) is 10.5. The molecule has 0 aliphatic heterocycles. The fraction of sp³-hybridized carbons (Fsp3) is 0.208. The fourth-order valence-corrected chi connectivity index (χ4v) is 4.61. The van der Waals surface area contributed by atoms with Gasteiger partial charge in [0, 0.05) is 17.6 Å². The Morgan fingerprint density at radius 2 is 1.81 bits per heavy atom. The van der Waals surface area contributed by atoms with E-state index in [-0.39, 0.29) is 17.7 Å². The number of nitrogens with zero attached hydrogens (tertiary/aromatic N) is 4. The summed E-state index contributed by atoms with van der Waals surface area (Å²) in [5.74, 6) is 0.902. The number of aliphatic hydroxyl groups excluding tert-OH is 1. The van der Waals surface area contributed by atoms with Gasteiger partial charge in [-0.25, -0.2) is 9.38 Å². The molecule has 0 aliphatic carbocycles. The van der Waals surface area contributed by atoms with Crippen LogP contribution in [0.1, 0.15) is 25.3 Å². The van der Waals surface area contributed by atoms with Gasteiger partial charge in [-0.2, -0.15) is 4.98 Å². The molecule has 0 bridgehead atoms. The van der Waals surface area contributed by atoms with Crippen LogP contribution in [0.5, 0.6) is 0 Å². The lowest BCUT2D eigenvalue weighted by Crippen LogP contribution is -2.14. The summed E-state index contributed by atoms with van der Waals surface area (Å²) in [7, 11) is 0. The van der Waals surface area contributed by atoms with Gasteiger partial charge < -0.3 is 14.7 Å². The molecule has 0 atom stereocenters. The maximum absolute atomic E-state index is 13.2. The molecule has 2 N–H and O–H groups in total. The molecule has 2 aromatic carbocycles. The quantitative estimate of drug-likeness (QED) is 0.407. The number of nitrogens with one attached hydrogen (secondary N) is 1. The van der Waals surface area contributed by atoms with Crippen LogP contribution in [-0.2, 0) is 6.54 Å². The van der Waals surface area contributed by atoms with Gasteiger partial charge in [0.05, 0.1) is 12.3 Å². The minimum atomic E-state index is -0.239. The number of aromatic amines is 1. The van der Waals surface area contributed by atoms with Crippen molar-refractivity contribution < 1.29 is 5.11 Å². The van der Waals surface area contributed by atoms with Crippen LogP contribution >= 0.6 is 11.8 Å². The molecule has 3 aromatic heterocycles. The molecule has 5 rings (SSSR count). The maximum Gasteiger partial charge on any atom is 0.287 e. The summed E-state index contributed by atoms with van der Waals surface area (Å²) in [5.41, 5.74) is 3.55. The number of hydrogen-bond acceptors (Lipinski definition) is 5. The highest BCUT2D eigenvalue weighted by Gasteiger charge is 2.19. The van der Waals surface area contributed by atoms with Gasteiger partial charge in [0.2, 0.25) is 5.78 Å². The second-order valence-corrected chi connectivity index (χ2v) is 8.95. The van der Waals surface area contributed by atoms with E-state index in [4.69, 9.17) is 0 Å². The van der Waals surface area contributed by atoms with Gasteiger partial charge in [0.15, 0.2) is 16.3 Å². The average Bonchev–Trinajstić information content (AvgIpc) is 3.38. The number of imidazole rings is 2. The smallest absolute Gasteiger partial charge is 0.287 e. The minimum absolute atomic E-state index is 0.0770. The zero-order valence-electron chi connectivity index (χ0n) is 17.8. The van der Waals surface area contributed by atoms with E-state index in [1.54, 1.807) is 10.8 Å². The van der Waals surface area contributed by atoms with E-state index in [1.807, 2.05) is 30.3 Å². The Balaban J connectivity index is 1.61. The summed E-state index contributed by atoms with van der Waals surface area (Å²) in [6, 6.07) is 18.1. The van der Waals surface area contributed by atoms with Crippen molar-refractivity contribution in [3.8, 4) is 11.3 Å². The SMILES string of the molecule is CC(C)c1ccc(Sc2nc3c(=O)n4cc(-c5ccccc5)[nH]c4nc3n2CCO)cc1. The lowest BCUT2D eigenvalue weighted by atomic mass is 10.0. The van der Waals surface area contributed by atoms with Gasteiger partial charge in [-0.3, -0.25) is 4.79 Å². The van der Waals surface area contributed by atoms with Crippen LogP contribution in [0, 0.1) is 0 Å². The van der Waals surface area contributed by atoms with Gasteiger partial charge >= 0.3 is 0 Å². The molecule has 162 valence electrons. The predicted octanol–water partition coefficient (Wildman–Crippen LogP) is 4.31. The zero-order valence-corrected chi connectivity index (χ0v) is 18.6. The first kappa shape index (κ1) is 20.5. The first-order valence-corrected chi connectivity index (χ1v) is 11.3. The Morgan fingerprint density at radius 1 is 1.06 bits per heavy atom. The third-order valence-electron chi connectivity index (χ3n) is 5.44. The maximum atomic E-state index is 13.2. The molecular weight excluding hydrogens is 422 g/mol. The van der Waals surface area contributed by atoms with Crippen LogP contribution in [-0.4, -0.2) is 35.6 Å². The van der Waals surface area contributed by atoms with E-state index in [0.29, 0.717) is 29.0 Å². The van der Waals surface area contributed by atoms with Crippen molar-refractivity contribution in [3.05, 3.63) is 76.7 Å². The second-order valence-electron chi connectivity index (χ2n) is 7.91. The Bertz CT molecular complexity index is 1450. The first-order chi connectivity index (χ1) is 15.5. The molecule has 0 saturated heterocycles. The number of benzene rings is 2. The van der Waals surface area contributed by atoms with Crippen molar-refractivity contribution in [1.82, 2.24) is 23.9 Å². The minimum Gasteiger partial charge on any atom is -0.395 e. The van der Waals surface area contributed by atoms with Crippen molar-refractivity contribution in [3.63, 3.8) is 0 Å². The van der Waals surface area contributed by atoms with E-state index >= 15 is 0 Å². The Kier molecular flexibility index (Phi) is 5.32. The zero-order chi connectivity index (χ0) is 22.2. The molecule has 0 amide bonds. The van der Waals surface area contributed by atoms with Gasteiger partial charge in [-0.1, -0.05) is 68.1 Å². The van der Waals surface area contributed by atoms with E-state index < -0.39 is 0 Å². The number of aromatic nitrogens is 5. The highest BCUT2D eigenvalue weighted by Crippen LogP contribution is 2.30. The average molecular weight is 446 g/mol. The third-order valence-corrected chi connectivity index (χ3v) is 6.44. The summed E-state index contributed by atoms with van der Waals surface area (Å²) < 4.78 is 3.30. The molecule has 7 nitrogen and oxygen atoms in total. The van der Waals surface area contributed by atoms with Crippen molar-refractivity contribution in [2.75, 3.05) is 6.61 Å². The molecule has 5 aromatic rings. The van der Waals surface area contributed by atoms with Gasteiger partial charge in [0.1, 0.15) is 0 Å². The molecule has 0 spiro atoms. The van der Waals surface area contributed by atoms with Crippen LogP contribution in [0.15, 0.2) is 75.6 Å². The summed E-state index contributed by atoms with van der Waals surface area (Å²) in [6.45, 7) is 4.55. The summed E-state index contributed by atoms with van der Waals surface area (Å²) in [6.07, 6.45) is 1.75. The fourth-order valence-electron chi connectivity index (χ4n) is 3.71. The van der Waals surface area contributed by atoms with E-state index in [9.17, 15) is 9.90 Å². The molecule has 0 fully saturated rings. The third kappa shape index (κ3) is 3.61. The Morgan fingerprint density at radius 3 is 2.50 bits per heavy atom. The van der Waals surface area contributed by atoms with Gasteiger partial charge in [-0.05, 0) is 29.2 Å². The lowest BCUT2D eigenvalue weighted by Gasteiger charge is -2.08. The molecule has 0 aliphatic rings. The van der Waals surface area contributed by atoms with Crippen LogP contribution in [0.25, 0.3) is 28.2 Å².